The van der Waals surface area contributed by atoms with Crippen LogP contribution in [0.5, 0.6) is 0 Å². The molecule has 0 saturated carbocycles. The van der Waals surface area contributed by atoms with Crippen molar-refractivity contribution in [3.63, 3.8) is 0 Å². The van der Waals surface area contributed by atoms with Crippen LogP contribution in [-0.4, -0.2) is 7.85 Å². The summed E-state index contributed by atoms with van der Waals surface area (Å²) in [4.78, 5) is 0. The highest BCUT2D eigenvalue weighted by Gasteiger charge is 1.81. The van der Waals surface area contributed by atoms with E-state index in [4.69, 9.17) is 13.6 Å². The molecule has 0 rings (SSSR count). The molecule has 46 valence electrons. The van der Waals surface area contributed by atoms with Crippen molar-refractivity contribution in [2.24, 2.45) is 5.73 Å². The van der Waals surface area contributed by atoms with E-state index in [0.29, 0.717) is 11.2 Å². The Morgan fingerprint density at radius 2 is 2.22 bits per heavy atom. The minimum atomic E-state index is 0.593. The first kappa shape index (κ1) is 8.08. The van der Waals surface area contributed by atoms with Crippen molar-refractivity contribution in [1.29, 1.82) is 0 Å². The zero-order valence-corrected chi connectivity index (χ0v) is 5.59. The maximum atomic E-state index is 5.42. The second-order valence-electron chi connectivity index (χ2n) is 1.73. The smallest absolute Gasteiger partial charge is 0.110 e. The van der Waals surface area contributed by atoms with E-state index in [2.05, 4.69) is 6.58 Å². The summed E-state index contributed by atoms with van der Waals surface area (Å²) in [7, 11) is 5.35. The lowest BCUT2D eigenvalue weighted by atomic mass is 9.95. The van der Waals surface area contributed by atoms with Gasteiger partial charge in [-0.3, -0.25) is 0 Å². The van der Waals surface area contributed by atoms with Crippen molar-refractivity contribution in [3.05, 3.63) is 36.0 Å². The number of hydrogen-bond acceptors (Lipinski definition) is 1. The predicted octanol–water partition coefficient (Wildman–Crippen LogP) is 1.09. The highest BCUT2D eigenvalue weighted by Crippen LogP contribution is 1.92. The van der Waals surface area contributed by atoms with Crippen LogP contribution >= 0.6 is 0 Å². The molecule has 0 aromatic carbocycles. The van der Waals surface area contributed by atoms with Gasteiger partial charge in [0.25, 0.3) is 0 Å². The molecule has 0 aliphatic carbocycles. The van der Waals surface area contributed by atoms with Crippen LogP contribution in [0.15, 0.2) is 36.0 Å². The Bertz CT molecular complexity index is 152. The first-order chi connectivity index (χ1) is 4.18. The van der Waals surface area contributed by atoms with Crippen LogP contribution in [0, 0.1) is 0 Å². The zero-order chi connectivity index (χ0) is 7.28. The first-order valence-electron chi connectivity index (χ1n) is 2.69. The molecule has 1 nitrogen and oxygen atoms in total. The van der Waals surface area contributed by atoms with Crippen LogP contribution in [-0.2, 0) is 0 Å². The van der Waals surface area contributed by atoms with E-state index in [-0.39, 0.29) is 0 Å². The van der Waals surface area contributed by atoms with Gasteiger partial charge < -0.3 is 5.73 Å². The number of rotatable bonds is 2. The van der Waals surface area contributed by atoms with Crippen molar-refractivity contribution < 1.29 is 0 Å². The minimum absolute atomic E-state index is 0.593. The van der Waals surface area contributed by atoms with E-state index in [1.165, 1.54) is 0 Å². The van der Waals surface area contributed by atoms with E-state index >= 15 is 0 Å². The second-order valence-corrected chi connectivity index (χ2v) is 1.73. The quantitative estimate of drug-likeness (QED) is 0.427. The molecule has 0 aliphatic rings. The van der Waals surface area contributed by atoms with Crippen LogP contribution in [0.1, 0.15) is 6.92 Å². The lowest BCUT2D eigenvalue weighted by molar-refractivity contribution is 1.37. The second kappa shape index (κ2) is 4.01. The van der Waals surface area contributed by atoms with Crippen molar-refractivity contribution in [1.82, 2.24) is 0 Å². The molecular formula is C7H10BN. The topological polar surface area (TPSA) is 26.0 Å². The maximum absolute atomic E-state index is 5.42. The van der Waals surface area contributed by atoms with Crippen LogP contribution in [0.25, 0.3) is 0 Å². The summed E-state index contributed by atoms with van der Waals surface area (Å²) in [5.41, 5.74) is 6.65. The molecule has 0 atom stereocenters. The van der Waals surface area contributed by atoms with Crippen molar-refractivity contribution in [3.8, 4) is 0 Å². The van der Waals surface area contributed by atoms with Crippen LogP contribution < -0.4 is 5.73 Å². The van der Waals surface area contributed by atoms with Gasteiger partial charge >= 0.3 is 0 Å². The summed E-state index contributed by atoms with van der Waals surface area (Å²) in [6, 6.07) is 0. The average Bonchev–Trinajstić information content (AvgIpc) is 1.82. The maximum Gasteiger partial charge on any atom is 0.110 e. The van der Waals surface area contributed by atoms with E-state index in [1.807, 2.05) is 0 Å². The monoisotopic (exact) mass is 119 g/mol. The molecule has 0 spiro atoms. The summed E-state index contributed by atoms with van der Waals surface area (Å²) < 4.78 is 0. The van der Waals surface area contributed by atoms with E-state index in [0.717, 1.165) is 0 Å². The molecule has 0 aliphatic heterocycles. The largest absolute Gasteiger partial charge is 0.399 e. The molecule has 2 heteroatoms. The average molecular weight is 119 g/mol. The third-order valence-electron chi connectivity index (χ3n) is 0.867. The Kier molecular flexibility index (Phi) is 3.61. The molecule has 2 radical (unpaired) electrons. The van der Waals surface area contributed by atoms with Gasteiger partial charge in [-0.25, -0.2) is 0 Å². The van der Waals surface area contributed by atoms with Crippen LogP contribution in [0.3, 0.4) is 0 Å². The van der Waals surface area contributed by atoms with Gasteiger partial charge in [0.05, 0.1) is 0 Å². The Morgan fingerprint density at radius 3 is 2.56 bits per heavy atom. The third kappa shape index (κ3) is 3.65. The summed E-state index contributed by atoms with van der Waals surface area (Å²) in [5.74, 6) is 0. The summed E-state index contributed by atoms with van der Waals surface area (Å²) in [6.07, 6.45) is 5.10. The molecule has 0 saturated heterocycles. The first-order valence-corrected chi connectivity index (χ1v) is 2.69. The number of hydrogen-bond donors (Lipinski definition) is 1. The molecule has 0 aromatic heterocycles. The van der Waals surface area contributed by atoms with Crippen LogP contribution in [0.2, 0.25) is 0 Å². The van der Waals surface area contributed by atoms with Gasteiger partial charge in [-0.2, -0.15) is 0 Å². The highest BCUT2D eigenvalue weighted by molar-refractivity contribution is 6.21. The normalized spacial score (nSPS) is 13.4. The molecule has 2 N–H and O–H groups in total. The van der Waals surface area contributed by atoms with Crippen molar-refractivity contribution in [2.45, 2.75) is 6.92 Å². The van der Waals surface area contributed by atoms with E-state index in [9.17, 15) is 0 Å². The Hall–Kier alpha value is -0.915. The summed E-state index contributed by atoms with van der Waals surface area (Å²) >= 11 is 0. The Labute approximate surface area is 57.4 Å². The van der Waals surface area contributed by atoms with Gasteiger partial charge in [-0.15, -0.1) is 0 Å². The molecule has 9 heavy (non-hydrogen) atoms. The molecular weight excluding hydrogens is 109 g/mol. The molecule has 0 fully saturated rings. The molecule has 0 bridgehead atoms. The van der Waals surface area contributed by atoms with Gasteiger partial charge in [-0.05, 0) is 6.08 Å². The zero-order valence-electron chi connectivity index (χ0n) is 5.59. The van der Waals surface area contributed by atoms with Gasteiger partial charge in [-0.1, -0.05) is 31.1 Å². The third-order valence-corrected chi connectivity index (χ3v) is 0.867. The fraction of sp³-hybridized carbons (Fsp3) is 0.143. The fourth-order valence-corrected chi connectivity index (χ4v) is 0.303. The molecule has 0 heterocycles. The lowest BCUT2D eigenvalue weighted by Gasteiger charge is -1.93. The SMILES string of the molecule is [B]/C(C)=C(N)/C=C\C=C. The highest BCUT2D eigenvalue weighted by atomic mass is 14.6. The number of nitrogens with two attached hydrogens (primary N) is 1. The fourth-order valence-electron chi connectivity index (χ4n) is 0.303. The standard InChI is InChI=1S/C7H10BN/c1-3-4-5-7(9)6(2)8/h3-5H,1,9H2,2H3/b5-4-,7-6-. The summed E-state index contributed by atoms with van der Waals surface area (Å²) in [6.45, 7) is 5.24. The molecule has 0 amide bonds. The van der Waals surface area contributed by atoms with Gasteiger partial charge in [0.1, 0.15) is 7.85 Å². The van der Waals surface area contributed by atoms with Crippen molar-refractivity contribution in [2.75, 3.05) is 0 Å². The van der Waals surface area contributed by atoms with E-state index in [1.54, 1.807) is 25.2 Å². The van der Waals surface area contributed by atoms with Crippen molar-refractivity contribution >= 4 is 7.85 Å². The van der Waals surface area contributed by atoms with Gasteiger partial charge in [0.15, 0.2) is 0 Å². The van der Waals surface area contributed by atoms with Gasteiger partial charge in [0, 0.05) is 5.70 Å². The predicted molar refractivity (Wildman–Crippen MR) is 42.0 cm³/mol. The van der Waals surface area contributed by atoms with Gasteiger partial charge in [0.2, 0.25) is 0 Å². The summed E-state index contributed by atoms with van der Waals surface area (Å²) in [5, 5.41) is 0. The van der Waals surface area contributed by atoms with Crippen LogP contribution in [0.4, 0.5) is 0 Å². The number of allylic oxidation sites excluding steroid dienone is 4. The van der Waals surface area contributed by atoms with E-state index < -0.39 is 0 Å². The minimum Gasteiger partial charge on any atom is -0.399 e. The molecule has 0 aromatic rings. The Morgan fingerprint density at radius 1 is 1.67 bits per heavy atom. The lowest BCUT2D eigenvalue weighted by Crippen LogP contribution is -1.96. The Balaban J connectivity index is 4.06. The molecule has 0 unspecified atom stereocenters.